The van der Waals surface area contributed by atoms with Crippen LogP contribution in [0.5, 0.6) is 5.75 Å². The van der Waals surface area contributed by atoms with Crippen molar-refractivity contribution in [3.8, 4) is 5.75 Å². The zero-order chi connectivity index (χ0) is 17.8. The van der Waals surface area contributed by atoms with Gasteiger partial charge in [-0.05, 0) is 43.2 Å². The number of nitrogens with zero attached hydrogens (tertiary/aromatic N) is 3. The minimum absolute atomic E-state index is 0.355. The highest BCUT2D eigenvalue weighted by atomic mass is 35.5. The number of nitrogens with one attached hydrogen (secondary N) is 2. The number of rotatable bonds is 5. The van der Waals surface area contributed by atoms with Crippen LogP contribution in [0.25, 0.3) is 0 Å². The number of para-hydroxylation sites is 2. The Labute approximate surface area is 151 Å². The number of ether oxygens (including phenoxy) is 1. The van der Waals surface area contributed by atoms with Gasteiger partial charge in [0.25, 0.3) is 0 Å². The summed E-state index contributed by atoms with van der Waals surface area (Å²) in [4.78, 5) is 4.43. The summed E-state index contributed by atoms with van der Waals surface area (Å²) in [7, 11) is 1.62. The molecular weight excluding hydrogens is 338 g/mol. The fourth-order valence-electron chi connectivity index (χ4n) is 2.49. The Bertz CT molecular complexity index is 877. The number of halogens is 1. The van der Waals surface area contributed by atoms with E-state index in [-0.39, 0.29) is 0 Å². The molecule has 2 N–H and O–H groups in total. The second-order valence-corrected chi connectivity index (χ2v) is 5.96. The van der Waals surface area contributed by atoms with Crippen LogP contribution in [0.2, 0.25) is 5.02 Å². The Balaban J connectivity index is 1.85. The zero-order valence-corrected chi connectivity index (χ0v) is 14.9. The third-order valence-electron chi connectivity index (χ3n) is 3.60. The Kier molecular flexibility index (Phi) is 5.00. The van der Waals surface area contributed by atoms with Crippen LogP contribution in [0, 0.1) is 13.8 Å². The van der Waals surface area contributed by atoms with Crippen molar-refractivity contribution in [1.82, 2.24) is 15.2 Å². The molecule has 0 saturated heterocycles. The molecule has 0 aliphatic carbocycles. The van der Waals surface area contributed by atoms with Gasteiger partial charge in [-0.2, -0.15) is 10.1 Å². The molecule has 0 radical (unpaired) electrons. The van der Waals surface area contributed by atoms with Crippen molar-refractivity contribution < 1.29 is 4.74 Å². The Morgan fingerprint density at radius 3 is 2.64 bits per heavy atom. The van der Waals surface area contributed by atoms with Gasteiger partial charge in [-0.1, -0.05) is 29.8 Å². The quantitative estimate of drug-likeness (QED) is 0.694. The Morgan fingerprint density at radius 2 is 1.88 bits per heavy atom. The van der Waals surface area contributed by atoms with Gasteiger partial charge in [0.1, 0.15) is 5.75 Å². The van der Waals surface area contributed by atoms with E-state index in [2.05, 4.69) is 25.8 Å². The highest BCUT2D eigenvalue weighted by Gasteiger charge is 2.09. The summed E-state index contributed by atoms with van der Waals surface area (Å²) in [5, 5.41) is 14.9. The van der Waals surface area contributed by atoms with Crippen molar-refractivity contribution in [2.24, 2.45) is 0 Å². The molecule has 7 heteroatoms. The second kappa shape index (κ2) is 7.36. The van der Waals surface area contributed by atoms with Crippen molar-refractivity contribution in [3.05, 3.63) is 58.7 Å². The zero-order valence-electron chi connectivity index (χ0n) is 14.2. The number of hydrogen-bond donors (Lipinski definition) is 2. The van der Waals surface area contributed by atoms with E-state index < -0.39 is 0 Å². The molecule has 0 amide bonds. The summed E-state index contributed by atoms with van der Waals surface area (Å²) < 4.78 is 5.33. The van der Waals surface area contributed by atoms with E-state index >= 15 is 0 Å². The van der Waals surface area contributed by atoms with Crippen LogP contribution < -0.4 is 15.4 Å². The molecule has 2 aromatic carbocycles. The topological polar surface area (TPSA) is 72.0 Å². The summed E-state index contributed by atoms with van der Waals surface area (Å²) in [6.07, 6.45) is 1.54. The lowest BCUT2D eigenvalue weighted by atomic mass is 10.1. The fraction of sp³-hybridized carbons (Fsp3) is 0.167. The first kappa shape index (κ1) is 17.0. The van der Waals surface area contributed by atoms with Crippen molar-refractivity contribution >= 4 is 34.7 Å². The minimum atomic E-state index is 0.355. The number of hydrogen-bond acceptors (Lipinski definition) is 6. The van der Waals surface area contributed by atoms with Crippen molar-refractivity contribution in [2.45, 2.75) is 13.8 Å². The van der Waals surface area contributed by atoms with Gasteiger partial charge >= 0.3 is 0 Å². The van der Waals surface area contributed by atoms with Crippen LogP contribution in [0.4, 0.5) is 23.1 Å². The van der Waals surface area contributed by atoms with Gasteiger partial charge in [0.05, 0.1) is 29.7 Å². The Hall–Kier alpha value is -2.86. The molecule has 3 aromatic rings. The SMILES string of the molecule is COc1ccccc1Nc1cnnc(Nc2c(C)cc(C)cc2Cl)n1. The van der Waals surface area contributed by atoms with Crippen LogP contribution >= 0.6 is 11.6 Å². The summed E-state index contributed by atoms with van der Waals surface area (Å²) in [5.41, 5.74) is 3.67. The molecule has 0 saturated carbocycles. The van der Waals surface area contributed by atoms with Gasteiger partial charge in [-0.3, -0.25) is 0 Å². The Morgan fingerprint density at radius 1 is 1.08 bits per heavy atom. The third-order valence-corrected chi connectivity index (χ3v) is 3.90. The number of aromatic nitrogens is 3. The van der Waals surface area contributed by atoms with Gasteiger partial charge in [0.2, 0.25) is 5.95 Å². The monoisotopic (exact) mass is 355 g/mol. The van der Waals surface area contributed by atoms with Crippen LogP contribution in [0.15, 0.2) is 42.6 Å². The molecule has 25 heavy (non-hydrogen) atoms. The number of anilines is 4. The predicted molar refractivity (Wildman–Crippen MR) is 100 cm³/mol. The number of methoxy groups -OCH3 is 1. The minimum Gasteiger partial charge on any atom is -0.495 e. The molecule has 3 rings (SSSR count). The molecule has 128 valence electrons. The normalized spacial score (nSPS) is 10.4. The maximum absolute atomic E-state index is 6.32. The lowest BCUT2D eigenvalue weighted by molar-refractivity contribution is 0.417. The van der Waals surface area contributed by atoms with E-state index in [9.17, 15) is 0 Å². The average Bonchev–Trinajstić information content (AvgIpc) is 2.59. The number of aryl methyl sites for hydroxylation is 2. The fourth-order valence-corrected chi connectivity index (χ4v) is 2.86. The maximum Gasteiger partial charge on any atom is 0.249 e. The first-order valence-electron chi connectivity index (χ1n) is 7.70. The lowest BCUT2D eigenvalue weighted by Crippen LogP contribution is -2.04. The molecule has 1 aromatic heterocycles. The standard InChI is InChI=1S/C18H18ClN5O/c1-11-8-12(2)17(13(19)9-11)23-18-22-16(10-20-24-18)21-14-6-4-5-7-15(14)25-3/h4-10H,1-3H3,(H2,21,22,23,24). The summed E-state index contributed by atoms with van der Waals surface area (Å²) >= 11 is 6.32. The van der Waals surface area contributed by atoms with Crippen LogP contribution in [-0.2, 0) is 0 Å². The van der Waals surface area contributed by atoms with E-state index in [0.717, 1.165) is 22.5 Å². The molecule has 0 bridgehead atoms. The molecule has 0 atom stereocenters. The molecule has 1 heterocycles. The van der Waals surface area contributed by atoms with Gasteiger partial charge in [-0.15, -0.1) is 5.10 Å². The van der Waals surface area contributed by atoms with E-state index in [4.69, 9.17) is 16.3 Å². The lowest BCUT2D eigenvalue weighted by Gasteiger charge is -2.13. The largest absolute Gasteiger partial charge is 0.495 e. The summed E-state index contributed by atoms with van der Waals surface area (Å²) in [5.74, 6) is 1.62. The maximum atomic E-state index is 6.32. The van der Waals surface area contributed by atoms with Crippen LogP contribution in [0.1, 0.15) is 11.1 Å². The van der Waals surface area contributed by atoms with Crippen LogP contribution in [-0.4, -0.2) is 22.3 Å². The average molecular weight is 356 g/mol. The first-order chi connectivity index (χ1) is 12.1. The predicted octanol–water partition coefficient (Wildman–Crippen LogP) is 4.64. The molecule has 0 aliphatic heterocycles. The van der Waals surface area contributed by atoms with E-state index in [1.54, 1.807) is 13.3 Å². The van der Waals surface area contributed by atoms with Gasteiger partial charge < -0.3 is 15.4 Å². The molecule has 6 nitrogen and oxygen atoms in total. The third kappa shape index (κ3) is 3.97. The smallest absolute Gasteiger partial charge is 0.249 e. The summed E-state index contributed by atoms with van der Waals surface area (Å²) in [6.45, 7) is 3.98. The van der Waals surface area contributed by atoms with Crippen molar-refractivity contribution in [2.75, 3.05) is 17.7 Å². The van der Waals surface area contributed by atoms with Gasteiger partial charge in [-0.25, -0.2) is 0 Å². The van der Waals surface area contributed by atoms with E-state index in [1.165, 1.54) is 0 Å². The second-order valence-electron chi connectivity index (χ2n) is 5.55. The van der Waals surface area contributed by atoms with Crippen LogP contribution in [0.3, 0.4) is 0 Å². The molecule has 0 unspecified atom stereocenters. The molecule has 0 fully saturated rings. The van der Waals surface area contributed by atoms with Gasteiger partial charge in [0, 0.05) is 0 Å². The van der Waals surface area contributed by atoms with Gasteiger partial charge in [0.15, 0.2) is 5.82 Å². The van der Waals surface area contributed by atoms with Crippen molar-refractivity contribution in [1.29, 1.82) is 0 Å². The van der Waals surface area contributed by atoms with Crippen molar-refractivity contribution in [3.63, 3.8) is 0 Å². The molecular formula is C18H18ClN5O. The summed E-state index contributed by atoms with van der Waals surface area (Å²) in [6, 6.07) is 11.5. The van der Waals surface area contributed by atoms with E-state index in [0.29, 0.717) is 22.5 Å². The molecule has 0 spiro atoms. The highest BCUT2D eigenvalue weighted by Crippen LogP contribution is 2.30. The highest BCUT2D eigenvalue weighted by molar-refractivity contribution is 6.33. The first-order valence-corrected chi connectivity index (χ1v) is 8.08. The molecule has 0 aliphatic rings. The van der Waals surface area contributed by atoms with E-state index in [1.807, 2.05) is 50.2 Å². The number of benzene rings is 2.